The van der Waals surface area contributed by atoms with E-state index in [0.717, 1.165) is 23.4 Å². The number of amidine groups is 1. The number of aromatic nitrogens is 6. The Morgan fingerprint density at radius 3 is 1.43 bits per heavy atom. The molecule has 498 valence electrons. The van der Waals surface area contributed by atoms with Gasteiger partial charge in [0.1, 0.15) is 45.8 Å². The number of pyridine rings is 2. The Morgan fingerprint density at radius 2 is 1.05 bits per heavy atom. The van der Waals surface area contributed by atoms with E-state index in [4.69, 9.17) is 63.5 Å². The van der Waals surface area contributed by atoms with Crippen LogP contribution in [0, 0.1) is 18.4 Å². The van der Waals surface area contributed by atoms with Crippen LogP contribution in [0.2, 0.25) is 10.0 Å². The molecule has 92 heavy (non-hydrogen) atoms. The number of carbonyl (C=O) groups is 1. The standard InChI is InChI=1S/C19H14ClF3N4O2.C10H9ClN2O2.C9H9F3N2O2.C9H6F3NO.C8H6BrF3O.CH3F.CN.Na.6H2/c1-2-14-17(27-10-12(20)5-8-16(27)24-14)18-25-15(26-29-18)9-11-3-6-13(7-4-11)28-19(21,22)23;1-2-7-9(10(14)15)13-5-6(11)3-4-8(13)12-7;10-9(11,12)16-7-3-1-6(2-4-7)5-8(13)14-15;1-13-6-7-2-4-8(5-3-7)14-9(10,11)12;9-5-6-1-3-7(4-2-6)13-8(10,11)12;2*1-2;;;;;;;/h3-8,10H,2,9H2,1H3;3-5H,2H2,1H3,(H,14,15);1-4,15H,5H2,(H2,13,14);2-5H,6H2;1-4H,5H2;1H3;;;6*1H/q;;;;;;-1;+1;;;;;;/i;;;;;1D;;;;;;;;. The van der Waals surface area contributed by atoms with Gasteiger partial charge in [-0.2, -0.15) is 4.98 Å². The van der Waals surface area contributed by atoms with Gasteiger partial charge in [0, 0.05) is 44.7 Å². The normalized spacial score (nSPS) is 11.2. The Balaban J connectivity index is -0.000000372. The van der Waals surface area contributed by atoms with E-state index in [9.17, 15) is 61.9 Å². The molecule has 5 aromatic heterocycles. The van der Waals surface area contributed by atoms with Crippen molar-refractivity contribution >= 4 is 62.2 Å². The van der Waals surface area contributed by atoms with Crippen LogP contribution in [-0.4, -0.2) is 83.6 Å². The fourth-order valence-electron chi connectivity index (χ4n) is 7.22. The Morgan fingerprint density at radius 1 is 0.674 bits per heavy atom. The van der Waals surface area contributed by atoms with Gasteiger partial charge in [-0.1, -0.05) is 99.7 Å². The summed E-state index contributed by atoms with van der Waals surface area (Å²) in [4.78, 5) is 27.4. The van der Waals surface area contributed by atoms with Crippen LogP contribution in [-0.2, 0) is 37.6 Å². The van der Waals surface area contributed by atoms with E-state index in [2.05, 4.69) is 65.0 Å². The van der Waals surface area contributed by atoms with Gasteiger partial charge in [-0.3, -0.25) is 13.2 Å². The molecule has 4 N–H and O–H groups in total. The number of nitrogens with zero attached hydrogens (tertiary/aromatic N) is 9. The molecule has 0 bridgehead atoms. The fourth-order valence-corrected chi connectivity index (χ4v) is 7.91. The van der Waals surface area contributed by atoms with Crippen molar-refractivity contribution in [1.82, 2.24) is 28.9 Å². The number of alkyl halides is 14. The van der Waals surface area contributed by atoms with E-state index in [0.29, 0.717) is 79.3 Å². The third-order valence-electron chi connectivity index (χ3n) is 10.8. The van der Waals surface area contributed by atoms with Gasteiger partial charge in [0.2, 0.25) is 6.54 Å². The number of rotatable bonds is 14. The molecule has 0 atom stereocenters. The van der Waals surface area contributed by atoms with Crippen LogP contribution in [0.25, 0.3) is 27.7 Å². The van der Waals surface area contributed by atoms with Crippen molar-refractivity contribution in [3.63, 3.8) is 0 Å². The second kappa shape index (κ2) is 37.7. The predicted octanol–water partition coefficient (Wildman–Crippen LogP) is 14.9. The summed E-state index contributed by atoms with van der Waals surface area (Å²) in [7, 11) is -1.00. The SMILES string of the molecule is CCc1nc2ccc(Cl)cn2c1-c1nc(Cc2ccc(OC(F)(F)F)cc2)no1.CCc1nc2ccc(Cl)cn2c1C(=O)O.FC(F)(F)Oc1ccc(CBr)cc1.N/C(Cc1ccc(OC(F)(F)F)cc1)=N\O.[2H]CF.[C-]#N.[C-]#[N+]Cc1ccc(OC(F)(F)F)cc1.[HH].[HH].[HH].[HH].[HH].[HH].[Na+]. The van der Waals surface area contributed by atoms with Gasteiger partial charge in [0.05, 0.1) is 30.0 Å². The molecule has 9 rings (SSSR count). The molecule has 0 aliphatic rings. The first-order valence-electron chi connectivity index (χ1n) is 25.7. The molecule has 0 amide bonds. The number of carboxylic acid groups (broad SMARTS) is 1. The summed E-state index contributed by atoms with van der Waals surface area (Å²) in [6.07, 6.45) is -13.7. The fraction of sp³-hybridized carbons (Fsp3) is 0.228. The second-order valence-corrected chi connectivity index (χ2v) is 18.6. The molecule has 5 heterocycles. The molecule has 0 unspecified atom stereocenters. The summed E-state index contributed by atoms with van der Waals surface area (Å²) >= 11 is 15.1. The first-order chi connectivity index (χ1) is 43.3. The summed E-state index contributed by atoms with van der Waals surface area (Å²) in [5, 5.41) is 32.0. The topological polar surface area (TPSA) is 234 Å². The molecule has 0 aliphatic heterocycles. The van der Waals surface area contributed by atoms with Crippen molar-refractivity contribution < 1.29 is 135 Å². The van der Waals surface area contributed by atoms with E-state index in [1.165, 1.54) is 77.2 Å². The third-order valence-corrected chi connectivity index (χ3v) is 11.9. The number of carboxylic acids is 1. The second-order valence-electron chi connectivity index (χ2n) is 17.2. The zero-order valence-electron chi connectivity index (χ0n) is 48.6. The average Bonchev–Trinajstić information content (AvgIpc) is 1.64. The largest absolute Gasteiger partial charge is 1.00 e. The number of aryl methyl sites for hydroxylation is 2. The van der Waals surface area contributed by atoms with Crippen molar-refractivity contribution in [2.45, 2.75) is 76.9 Å². The van der Waals surface area contributed by atoms with Gasteiger partial charge in [0.25, 0.3) is 5.89 Å². The Kier molecular flexibility index (Phi) is 31.9. The monoisotopic (exact) mass is 1430 g/mol. The van der Waals surface area contributed by atoms with E-state index >= 15 is 0 Å². The summed E-state index contributed by atoms with van der Waals surface area (Å²) < 4.78 is 182. The first kappa shape index (κ1) is 77.7. The number of benzene rings is 4. The first-order valence-corrected chi connectivity index (χ1v) is 26.9. The average molecular weight is 1430 g/mol. The van der Waals surface area contributed by atoms with Gasteiger partial charge in [-0.25, -0.2) is 21.3 Å². The van der Waals surface area contributed by atoms with Crippen LogP contribution < -0.4 is 54.2 Å². The molecule has 0 radical (unpaired) electrons. The maximum atomic E-state index is 12.3. The maximum Gasteiger partial charge on any atom is 1.00 e. The Labute approximate surface area is 565 Å². The number of hydrogen-bond donors (Lipinski definition) is 3. The van der Waals surface area contributed by atoms with E-state index in [1.54, 1.807) is 53.2 Å². The summed E-state index contributed by atoms with van der Waals surface area (Å²) in [6.45, 7) is 15.3. The molecule has 18 nitrogen and oxygen atoms in total. The zero-order chi connectivity index (χ0) is 69.0. The summed E-state index contributed by atoms with van der Waals surface area (Å²) in [5.41, 5.74) is 11.7. The van der Waals surface area contributed by atoms with Gasteiger partial charge in [-0.15, -0.1) is 52.7 Å². The maximum absolute atomic E-state index is 12.3. The Bertz CT molecular complexity index is 3870. The molecule has 9 aromatic rings. The molecule has 4 aromatic carbocycles. The number of aromatic carboxylic acids is 1. The Hall–Kier alpha value is -8.53. The van der Waals surface area contributed by atoms with Gasteiger partial charge in [0.15, 0.2) is 11.5 Å². The van der Waals surface area contributed by atoms with Crippen molar-refractivity contribution in [2.24, 2.45) is 10.9 Å². The van der Waals surface area contributed by atoms with Crippen LogP contribution in [0.1, 0.15) is 73.7 Å². The van der Waals surface area contributed by atoms with E-state index < -0.39 is 38.6 Å². The number of oxime groups is 1. The zero-order valence-corrected chi connectivity index (χ0v) is 52.7. The summed E-state index contributed by atoms with van der Waals surface area (Å²) in [5.74, 6) is -1.39. The smallest absolute Gasteiger partial charge is 0.512 e. The third kappa shape index (κ3) is 27.9. The molecule has 0 aliphatic carbocycles. The number of halogens is 16. The molecular weight excluding hydrogens is 1370 g/mol. The number of ether oxygens (including phenoxy) is 4. The van der Waals surface area contributed by atoms with Crippen LogP contribution in [0.5, 0.6) is 23.0 Å². The van der Waals surface area contributed by atoms with Crippen LogP contribution >= 0.6 is 39.1 Å². The van der Waals surface area contributed by atoms with E-state index in [-0.39, 0.29) is 92.0 Å². The number of imidazole rings is 2. The molecule has 0 saturated heterocycles. The van der Waals surface area contributed by atoms with Crippen LogP contribution in [0.15, 0.2) is 143 Å². The quantitative estimate of drug-likeness (QED) is 0.0134. The minimum Gasteiger partial charge on any atom is -0.512 e. The predicted molar refractivity (Wildman–Crippen MR) is 319 cm³/mol. The van der Waals surface area contributed by atoms with Crippen molar-refractivity contribution in [1.29, 1.82) is 5.26 Å². The van der Waals surface area contributed by atoms with Gasteiger partial charge < -0.3 is 56.2 Å². The number of fused-ring (bicyclic) bond motifs is 2. The molecule has 35 heteroatoms. The van der Waals surface area contributed by atoms with Crippen molar-refractivity contribution in [3.8, 4) is 34.6 Å². The van der Waals surface area contributed by atoms with Gasteiger partial charge >= 0.3 is 61.0 Å². The number of hydrogen-bond acceptors (Lipinski definition) is 13. The summed E-state index contributed by atoms with van der Waals surface area (Å²) in [6, 6.07) is 28.5. The van der Waals surface area contributed by atoms with Gasteiger partial charge in [-0.05, 0) is 114 Å². The minimum absolute atomic E-state index is 0. The van der Waals surface area contributed by atoms with Crippen LogP contribution in [0.4, 0.5) is 57.1 Å². The van der Waals surface area contributed by atoms with Crippen molar-refractivity contribution in [2.75, 3.05) is 7.15 Å². The molecular formula is C57H59BrCl2F13N10NaO8. The molecule has 0 spiro atoms. The van der Waals surface area contributed by atoms with E-state index in [1.807, 2.05) is 13.8 Å². The number of nitrogens with two attached hydrogens (primary N) is 1. The van der Waals surface area contributed by atoms with Crippen LogP contribution in [0.3, 0.4) is 0 Å². The minimum atomic E-state index is -4.72. The molecule has 0 fully saturated rings. The van der Waals surface area contributed by atoms with Crippen molar-refractivity contribution in [3.05, 3.63) is 207 Å². The molecule has 0 saturated carbocycles.